The van der Waals surface area contributed by atoms with E-state index >= 15 is 0 Å². The van der Waals surface area contributed by atoms with Crippen molar-refractivity contribution in [1.29, 1.82) is 0 Å². The highest BCUT2D eigenvalue weighted by Crippen LogP contribution is 2.29. The topological polar surface area (TPSA) is 63.1 Å². The average Bonchev–Trinajstić information content (AvgIpc) is 2.60. The van der Waals surface area contributed by atoms with Gasteiger partial charge in [0.15, 0.2) is 5.82 Å². The Bertz CT molecular complexity index is 911. The Morgan fingerprint density at radius 1 is 1.04 bits per heavy atom. The number of hydrogen-bond donors (Lipinski definition) is 1. The van der Waals surface area contributed by atoms with Gasteiger partial charge in [-0.05, 0) is 19.4 Å². The summed E-state index contributed by atoms with van der Waals surface area (Å²) in [5.74, 6) is 0.214. The Labute approximate surface area is 151 Å². The van der Waals surface area contributed by atoms with Crippen molar-refractivity contribution in [3.63, 3.8) is 0 Å². The summed E-state index contributed by atoms with van der Waals surface area (Å²) in [6.45, 7) is 3.76. The van der Waals surface area contributed by atoms with Crippen molar-refractivity contribution in [3.8, 4) is 11.4 Å². The van der Waals surface area contributed by atoms with Gasteiger partial charge in [-0.1, -0.05) is 60.2 Å². The van der Waals surface area contributed by atoms with E-state index in [0.717, 1.165) is 11.1 Å². The van der Waals surface area contributed by atoms with Crippen molar-refractivity contribution in [1.82, 2.24) is 9.97 Å². The third-order valence-electron chi connectivity index (χ3n) is 3.76. The van der Waals surface area contributed by atoms with Gasteiger partial charge in [0.1, 0.15) is 10.6 Å². The molecule has 0 fully saturated rings. The van der Waals surface area contributed by atoms with Crippen molar-refractivity contribution in [2.45, 2.75) is 24.6 Å². The minimum absolute atomic E-state index is 0.178. The van der Waals surface area contributed by atoms with E-state index in [2.05, 4.69) is 16.0 Å². The molecule has 3 rings (SSSR count). The standard InChI is InChI=1S/C20H18N2O2S/c1-13-7-6-8-15(11-13)12-25-19-17(20(23)24)14(2)21-18(22-19)16-9-4-3-5-10-16/h3-11H,12H2,1-2H3,(H,23,24). The van der Waals surface area contributed by atoms with Crippen LogP contribution in [0.5, 0.6) is 0 Å². The summed E-state index contributed by atoms with van der Waals surface area (Å²) in [7, 11) is 0. The maximum absolute atomic E-state index is 11.7. The van der Waals surface area contributed by atoms with Crippen molar-refractivity contribution in [2.24, 2.45) is 0 Å². The molecule has 0 amide bonds. The van der Waals surface area contributed by atoms with Gasteiger partial charge in [0.25, 0.3) is 0 Å². The van der Waals surface area contributed by atoms with Crippen molar-refractivity contribution < 1.29 is 9.90 Å². The van der Waals surface area contributed by atoms with Crippen molar-refractivity contribution in [3.05, 3.63) is 77.0 Å². The Morgan fingerprint density at radius 2 is 1.80 bits per heavy atom. The average molecular weight is 350 g/mol. The maximum atomic E-state index is 11.7. The maximum Gasteiger partial charge on any atom is 0.340 e. The summed E-state index contributed by atoms with van der Waals surface area (Å²) in [5.41, 5.74) is 3.85. The predicted octanol–water partition coefficient (Wildman–Crippen LogP) is 4.75. The number of aromatic carboxylic acids is 1. The van der Waals surface area contributed by atoms with Gasteiger partial charge < -0.3 is 5.11 Å². The highest BCUT2D eigenvalue weighted by atomic mass is 32.2. The van der Waals surface area contributed by atoms with Crippen LogP contribution in [-0.4, -0.2) is 21.0 Å². The molecule has 0 saturated heterocycles. The van der Waals surface area contributed by atoms with Crippen molar-refractivity contribution in [2.75, 3.05) is 0 Å². The molecular formula is C20H18N2O2S. The molecule has 0 unspecified atom stereocenters. The molecule has 0 saturated carbocycles. The normalized spacial score (nSPS) is 10.6. The van der Waals surface area contributed by atoms with E-state index < -0.39 is 5.97 Å². The molecule has 0 aliphatic heterocycles. The van der Waals surface area contributed by atoms with Gasteiger partial charge in [0.2, 0.25) is 0 Å². The molecule has 126 valence electrons. The number of carboxylic acid groups (broad SMARTS) is 1. The van der Waals surface area contributed by atoms with Crippen LogP contribution < -0.4 is 0 Å². The van der Waals surface area contributed by atoms with E-state index in [9.17, 15) is 9.90 Å². The quantitative estimate of drug-likeness (QED) is 0.531. The lowest BCUT2D eigenvalue weighted by Gasteiger charge is -2.10. The molecule has 0 atom stereocenters. The van der Waals surface area contributed by atoms with Gasteiger partial charge >= 0.3 is 5.97 Å². The van der Waals surface area contributed by atoms with Crippen LogP contribution in [-0.2, 0) is 5.75 Å². The Hall–Kier alpha value is -2.66. The number of aryl methyl sites for hydroxylation is 2. The third kappa shape index (κ3) is 4.06. The highest BCUT2D eigenvalue weighted by Gasteiger charge is 2.19. The monoisotopic (exact) mass is 350 g/mol. The van der Waals surface area contributed by atoms with Crippen LogP contribution >= 0.6 is 11.8 Å². The molecule has 0 aliphatic rings. The lowest BCUT2D eigenvalue weighted by atomic mass is 10.2. The van der Waals surface area contributed by atoms with E-state index in [1.165, 1.54) is 17.3 Å². The summed E-state index contributed by atoms with van der Waals surface area (Å²) in [5, 5.41) is 10.1. The summed E-state index contributed by atoms with van der Waals surface area (Å²) >= 11 is 1.43. The van der Waals surface area contributed by atoms with E-state index in [0.29, 0.717) is 22.3 Å². The zero-order valence-electron chi connectivity index (χ0n) is 14.1. The number of benzene rings is 2. The van der Waals surface area contributed by atoms with Crippen LogP contribution in [0.4, 0.5) is 0 Å². The zero-order chi connectivity index (χ0) is 17.8. The predicted molar refractivity (Wildman–Crippen MR) is 99.9 cm³/mol. The number of aromatic nitrogens is 2. The summed E-state index contributed by atoms with van der Waals surface area (Å²) in [4.78, 5) is 20.6. The fourth-order valence-electron chi connectivity index (χ4n) is 2.57. The first-order valence-corrected chi connectivity index (χ1v) is 8.89. The Balaban J connectivity index is 1.97. The first-order chi connectivity index (χ1) is 12.0. The molecule has 0 aliphatic carbocycles. The number of hydrogen-bond acceptors (Lipinski definition) is 4. The van der Waals surface area contributed by atoms with Gasteiger partial charge in [0.05, 0.1) is 5.69 Å². The van der Waals surface area contributed by atoms with E-state index in [4.69, 9.17) is 0 Å². The molecule has 3 aromatic rings. The van der Waals surface area contributed by atoms with Gasteiger partial charge in [-0.25, -0.2) is 14.8 Å². The number of nitrogens with zero attached hydrogens (tertiary/aromatic N) is 2. The van der Waals surface area contributed by atoms with Crippen LogP contribution in [0.3, 0.4) is 0 Å². The first-order valence-electron chi connectivity index (χ1n) is 7.90. The number of carboxylic acids is 1. The minimum atomic E-state index is -0.996. The first kappa shape index (κ1) is 17.2. The summed E-state index contributed by atoms with van der Waals surface area (Å²) in [6, 6.07) is 17.8. The fraction of sp³-hybridized carbons (Fsp3) is 0.150. The number of rotatable bonds is 5. The molecule has 2 aromatic carbocycles. The Morgan fingerprint density at radius 3 is 2.48 bits per heavy atom. The van der Waals surface area contributed by atoms with Gasteiger partial charge in [-0.2, -0.15) is 0 Å². The molecular weight excluding hydrogens is 332 g/mol. The van der Waals surface area contributed by atoms with E-state index in [1.807, 2.05) is 55.5 Å². The smallest absolute Gasteiger partial charge is 0.340 e. The minimum Gasteiger partial charge on any atom is -0.478 e. The van der Waals surface area contributed by atoms with E-state index in [-0.39, 0.29) is 5.56 Å². The lowest BCUT2D eigenvalue weighted by Crippen LogP contribution is -2.08. The molecule has 25 heavy (non-hydrogen) atoms. The molecule has 0 spiro atoms. The summed E-state index contributed by atoms with van der Waals surface area (Å²) < 4.78 is 0. The SMILES string of the molecule is Cc1cccc(CSc2nc(-c3ccccc3)nc(C)c2C(=O)O)c1. The number of carbonyl (C=O) groups is 1. The van der Waals surface area contributed by atoms with Gasteiger partial charge in [-0.15, -0.1) is 11.8 Å². The lowest BCUT2D eigenvalue weighted by molar-refractivity contribution is 0.0690. The second kappa shape index (κ2) is 7.49. The molecule has 1 aromatic heterocycles. The molecule has 1 heterocycles. The van der Waals surface area contributed by atoms with Crippen LogP contribution in [0.25, 0.3) is 11.4 Å². The fourth-order valence-corrected chi connectivity index (χ4v) is 3.58. The zero-order valence-corrected chi connectivity index (χ0v) is 14.9. The largest absolute Gasteiger partial charge is 0.478 e. The molecule has 5 heteroatoms. The second-order valence-electron chi connectivity index (χ2n) is 5.76. The molecule has 1 N–H and O–H groups in total. The van der Waals surface area contributed by atoms with Crippen LogP contribution in [0, 0.1) is 13.8 Å². The van der Waals surface area contributed by atoms with Gasteiger partial charge in [-0.3, -0.25) is 0 Å². The highest BCUT2D eigenvalue weighted by molar-refractivity contribution is 7.98. The molecule has 0 bridgehead atoms. The van der Waals surface area contributed by atoms with Gasteiger partial charge in [0, 0.05) is 11.3 Å². The van der Waals surface area contributed by atoms with Crippen LogP contribution in [0.2, 0.25) is 0 Å². The molecule has 4 nitrogen and oxygen atoms in total. The van der Waals surface area contributed by atoms with Crippen LogP contribution in [0.15, 0.2) is 59.6 Å². The Kier molecular flexibility index (Phi) is 5.14. The number of thioether (sulfide) groups is 1. The van der Waals surface area contributed by atoms with Crippen LogP contribution in [0.1, 0.15) is 27.2 Å². The second-order valence-corrected chi connectivity index (χ2v) is 6.73. The third-order valence-corrected chi connectivity index (χ3v) is 4.81. The van der Waals surface area contributed by atoms with E-state index in [1.54, 1.807) is 6.92 Å². The summed E-state index contributed by atoms with van der Waals surface area (Å²) in [6.07, 6.45) is 0. The van der Waals surface area contributed by atoms with Crippen molar-refractivity contribution >= 4 is 17.7 Å². The molecule has 0 radical (unpaired) electrons.